The number of quaternary nitrogens is 1. The number of rotatable bonds is 4. The summed E-state index contributed by atoms with van der Waals surface area (Å²) in [7, 11) is 0. The number of hydrogen-bond donors (Lipinski definition) is 2. The zero-order chi connectivity index (χ0) is 17.8. The molecule has 132 valence electrons. The van der Waals surface area contributed by atoms with Crippen LogP contribution in [-0.4, -0.2) is 48.1 Å². The Bertz CT molecular complexity index is 732. The number of nitrogens with zero attached hydrogens (tertiary/aromatic N) is 3. The lowest BCUT2D eigenvalue weighted by Gasteiger charge is -2.34. The Morgan fingerprint density at radius 2 is 1.96 bits per heavy atom. The topological polar surface area (TPSA) is 62.6 Å². The van der Waals surface area contributed by atoms with E-state index in [0.717, 1.165) is 43.4 Å². The van der Waals surface area contributed by atoms with Gasteiger partial charge >= 0.3 is 0 Å². The van der Waals surface area contributed by atoms with Crippen molar-refractivity contribution in [3.05, 3.63) is 47.2 Å². The molecule has 0 spiro atoms. The number of hydrogen-bond acceptors (Lipinski definition) is 4. The Labute approximate surface area is 152 Å². The number of carbonyl (C=O) groups excluding carboxylic acids is 1. The van der Waals surface area contributed by atoms with Crippen molar-refractivity contribution in [2.45, 2.75) is 19.9 Å². The van der Waals surface area contributed by atoms with Crippen LogP contribution in [0.5, 0.6) is 0 Å². The quantitative estimate of drug-likeness (QED) is 0.859. The standard InChI is InChI=1S/C18H22ClN5O/c1-13-4-5-15(19)12-16(13)22-17(25)14(2)23-8-10-24(11-9-23)18-20-6-3-7-21-18/h3-7,12,14H,8-11H2,1-2H3,(H,22,25)/p+1/t14-/m1/s1. The molecule has 2 heterocycles. The summed E-state index contributed by atoms with van der Waals surface area (Å²) in [6.07, 6.45) is 3.51. The van der Waals surface area contributed by atoms with E-state index in [4.69, 9.17) is 11.6 Å². The smallest absolute Gasteiger partial charge is 0.282 e. The third-order valence-electron chi connectivity index (χ3n) is 4.70. The molecular formula is C18H23ClN5O+. The molecule has 6 nitrogen and oxygen atoms in total. The molecule has 0 bridgehead atoms. The first-order chi connectivity index (χ1) is 12.0. The summed E-state index contributed by atoms with van der Waals surface area (Å²) in [6.45, 7) is 7.37. The van der Waals surface area contributed by atoms with Gasteiger partial charge in [0.1, 0.15) is 0 Å². The highest BCUT2D eigenvalue weighted by Gasteiger charge is 2.30. The maximum Gasteiger partial charge on any atom is 0.282 e. The van der Waals surface area contributed by atoms with E-state index < -0.39 is 0 Å². The molecule has 25 heavy (non-hydrogen) atoms. The first kappa shape index (κ1) is 17.6. The molecule has 1 aromatic heterocycles. The minimum absolute atomic E-state index is 0.0183. The highest BCUT2D eigenvalue weighted by Crippen LogP contribution is 2.20. The number of benzene rings is 1. The summed E-state index contributed by atoms with van der Waals surface area (Å²) in [5.74, 6) is 0.776. The van der Waals surface area contributed by atoms with Crippen LogP contribution in [0, 0.1) is 6.92 Å². The highest BCUT2D eigenvalue weighted by molar-refractivity contribution is 6.31. The predicted molar refractivity (Wildman–Crippen MR) is 99.2 cm³/mol. The first-order valence-electron chi connectivity index (χ1n) is 8.48. The fourth-order valence-electron chi connectivity index (χ4n) is 3.04. The Kier molecular flexibility index (Phi) is 5.50. The van der Waals surface area contributed by atoms with Crippen LogP contribution in [0.4, 0.5) is 11.6 Å². The van der Waals surface area contributed by atoms with E-state index in [1.54, 1.807) is 18.5 Å². The minimum atomic E-state index is -0.128. The van der Waals surface area contributed by atoms with E-state index in [2.05, 4.69) is 20.2 Å². The van der Waals surface area contributed by atoms with Crippen LogP contribution < -0.4 is 15.1 Å². The van der Waals surface area contributed by atoms with Crippen molar-refractivity contribution in [1.29, 1.82) is 0 Å². The number of amides is 1. The molecular weight excluding hydrogens is 338 g/mol. The molecule has 1 atom stereocenters. The number of aromatic nitrogens is 2. The van der Waals surface area contributed by atoms with Crippen molar-refractivity contribution in [2.75, 3.05) is 36.4 Å². The summed E-state index contributed by atoms with van der Waals surface area (Å²) in [5.41, 5.74) is 1.78. The Balaban J connectivity index is 1.57. The number of halogens is 1. The van der Waals surface area contributed by atoms with E-state index in [-0.39, 0.29) is 11.9 Å². The van der Waals surface area contributed by atoms with Crippen LogP contribution >= 0.6 is 11.6 Å². The molecule has 1 saturated heterocycles. The van der Waals surface area contributed by atoms with E-state index >= 15 is 0 Å². The molecule has 7 heteroatoms. The molecule has 1 amide bonds. The molecule has 0 saturated carbocycles. The van der Waals surface area contributed by atoms with Gasteiger partial charge < -0.3 is 15.1 Å². The second-order valence-electron chi connectivity index (χ2n) is 6.36. The van der Waals surface area contributed by atoms with Crippen LogP contribution in [0.1, 0.15) is 12.5 Å². The van der Waals surface area contributed by atoms with Gasteiger partial charge in [-0.25, -0.2) is 9.97 Å². The Hall–Kier alpha value is -2.18. The summed E-state index contributed by atoms with van der Waals surface area (Å²) in [4.78, 5) is 24.6. The molecule has 2 aromatic rings. The third kappa shape index (κ3) is 4.27. The first-order valence-corrected chi connectivity index (χ1v) is 8.86. The van der Waals surface area contributed by atoms with Crippen molar-refractivity contribution in [2.24, 2.45) is 0 Å². The van der Waals surface area contributed by atoms with E-state index in [1.807, 2.05) is 32.0 Å². The van der Waals surface area contributed by atoms with Gasteiger partial charge in [0.15, 0.2) is 6.04 Å². The van der Waals surface area contributed by atoms with Crippen LogP contribution in [0.15, 0.2) is 36.7 Å². The van der Waals surface area contributed by atoms with Crippen LogP contribution in [-0.2, 0) is 4.79 Å². The summed E-state index contributed by atoms with van der Waals surface area (Å²) < 4.78 is 0. The van der Waals surface area contributed by atoms with E-state index in [1.165, 1.54) is 4.90 Å². The van der Waals surface area contributed by atoms with Crippen molar-refractivity contribution in [3.8, 4) is 0 Å². The van der Waals surface area contributed by atoms with Gasteiger partial charge in [0, 0.05) is 23.1 Å². The second-order valence-corrected chi connectivity index (χ2v) is 6.80. The van der Waals surface area contributed by atoms with Crippen LogP contribution in [0.3, 0.4) is 0 Å². The van der Waals surface area contributed by atoms with E-state index in [9.17, 15) is 4.79 Å². The van der Waals surface area contributed by atoms with Crippen molar-refractivity contribution in [3.63, 3.8) is 0 Å². The number of piperazine rings is 1. The van der Waals surface area contributed by atoms with Gasteiger partial charge in [0.05, 0.1) is 26.2 Å². The number of carbonyl (C=O) groups is 1. The van der Waals surface area contributed by atoms with Gasteiger partial charge in [-0.15, -0.1) is 0 Å². The van der Waals surface area contributed by atoms with Crippen molar-refractivity contribution >= 4 is 29.1 Å². The highest BCUT2D eigenvalue weighted by atomic mass is 35.5. The number of anilines is 2. The maximum atomic E-state index is 12.6. The van der Waals surface area contributed by atoms with Gasteiger partial charge in [0.2, 0.25) is 5.95 Å². The lowest BCUT2D eigenvalue weighted by molar-refractivity contribution is -0.914. The van der Waals surface area contributed by atoms with Gasteiger partial charge in [-0.1, -0.05) is 17.7 Å². The molecule has 0 radical (unpaired) electrons. The van der Waals surface area contributed by atoms with Crippen molar-refractivity contribution < 1.29 is 9.69 Å². The van der Waals surface area contributed by atoms with Crippen LogP contribution in [0.2, 0.25) is 5.02 Å². The lowest BCUT2D eigenvalue weighted by Crippen LogP contribution is -3.19. The lowest BCUT2D eigenvalue weighted by atomic mass is 10.1. The molecule has 0 aliphatic carbocycles. The number of aryl methyl sites for hydroxylation is 1. The fourth-order valence-corrected chi connectivity index (χ4v) is 3.21. The summed E-state index contributed by atoms with van der Waals surface area (Å²) >= 11 is 6.03. The van der Waals surface area contributed by atoms with Gasteiger partial charge in [-0.3, -0.25) is 4.79 Å². The zero-order valence-corrected chi connectivity index (χ0v) is 15.3. The largest absolute Gasteiger partial charge is 0.330 e. The van der Waals surface area contributed by atoms with Gasteiger partial charge in [-0.2, -0.15) is 0 Å². The molecule has 2 N–H and O–H groups in total. The summed E-state index contributed by atoms with van der Waals surface area (Å²) in [6, 6.07) is 7.22. The normalized spacial score (nSPS) is 16.5. The Morgan fingerprint density at radius 1 is 1.28 bits per heavy atom. The molecule has 3 rings (SSSR count). The third-order valence-corrected chi connectivity index (χ3v) is 4.94. The average molecular weight is 361 g/mol. The fraction of sp³-hybridized carbons (Fsp3) is 0.389. The van der Waals surface area contributed by atoms with Gasteiger partial charge in [-0.05, 0) is 37.6 Å². The monoisotopic (exact) mass is 360 g/mol. The SMILES string of the molecule is Cc1ccc(Cl)cc1NC(=O)[C@@H](C)[NH+]1CCN(c2ncccn2)CC1. The molecule has 1 aromatic carbocycles. The predicted octanol–water partition coefficient (Wildman–Crippen LogP) is 1.17. The van der Waals surface area contributed by atoms with Crippen LogP contribution in [0.25, 0.3) is 0 Å². The molecule has 1 aliphatic heterocycles. The maximum absolute atomic E-state index is 12.6. The molecule has 1 fully saturated rings. The second kappa shape index (κ2) is 7.80. The summed E-state index contributed by atoms with van der Waals surface area (Å²) in [5, 5.41) is 3.63. The molecule has 0 unspecified atom stereocenters. The average Bonchev–Trinajstić information content (AvgIpc) is 2.65. The zero-order valence-electron chi connectivity index (χ0n) is 14.5. The minimum Gasteiger partial charge on any atom is -0.330 e. The molecule has 1 aliphatic rings. The van der Waals surface area contributed by atoms with Gasteiger partial charge in [0.25, 0.3) is 5.91 Å². The number of nitrogens with one attached hydrogen (secondary N) is 2. The Morgan fingerprint density at radius 3 is 2.64 bits per heavy atom. The van der Waals surface area contributed by atoms with E-state index in [0.29, 0.717) is 5.02 Å². The van der Waals surface area contributed by atoms with Crippen molar-refractivity contribution in [1.82, 2.24) is 9.97 Å².